The summed E-state index contributed by atoms with van der Waals surface area (Å²) in [7, 11) is 3.17. The van der Waals surface area contributed by atoms with Crippen LogP contribution in [0.5, 0.6) is 11.5 Å². The number of hydrogen-bond donors (Lipinski definition) is 1. The van der Waals surface area contributed by atoms with Crippen LogP contribution in [-0.4, -0.2) is 14.2 Å². The molecule has 0 heterocycles. The van der Waals surface area contributed by atoms with Gasteiger partial charge in [0.05, 0.1) is 19.2 Å². The zero-order valence-electron chi connectivity index (χ0n) is 10.9. The van der Waals surface area contributed by atoms with Crippen molar-refractivity contribution < 1.29 is 9.47 Å². The Morgan fingerprint density at radius 1 is 1.00 bits per heavy atom. The van der Waals surface area contributed by atoms with Crippen LogP contribution in [0.15, 0.2) is 42.5 Å². The van der Waals surface area contributed by atoms with E-state index in [1.807, 2.05) is 42.5 Å². The molecule has 2 aromatic carbocycles. The highest BCUT2D eigenvalue weighted by Gasteiger charge is 2.12. The number of methoxy groups -OCH3 is 2. The Morgan fingerprint density at radius 3 is 2.37 bits per heavy atom. The second-order valence-electron chi connectivity index (χ2n) is 3.99. The number of para-hydroxylation sites is 1. The SMILES string of the molecule is COc1ccc(CNc2ccccc2)c(Cl)c1OC. The van der Waals surface area contributed by atoms with Gasteiger partial charge in [-0.25, -0.2) is 0 Å². The zero-order valence-corrected chi connectivity index (χ0v) is 11.7. The maximum atomic E-state index is 6.31. The van der Waals surface area contributed by atoms with Crippen molar-refractivity contribution in [2.24, 2.45) is 0 Å². The third-order valence-electron chi connectivity index (χ3n) is 2.82. The van der Waals surface area contributed by atoms with Crippen molar-refractivity contribution in [3.05, 3.63) is 53.1 Å². The molecule has 0 fully saturated rings. The minimum Gasteiger partial charge on any atom is -0.493 e. The highest BCUT2D eigenvalue weighted by atomic mass is 35.5. The third-order valence-corrected chi connectivity index (χ3v) is 3.24. The number of nitrogens with one attached hydrogen (secondary N) is 1. The summed E-state index contributed by atoms with van der Waals surface area (Å²) in [5.41, 5.74) is 2.01. The van der Waals surface area contributed by atoms with Crippen molar-refractivity contribution in [1.29, 1.82) is 0 Å². The van der Waals surface area contributed by atoms with Crippen LogP contribution in [0.1, 0.15) is 5.56 Å². The number of benzene rings is 2. The van der Waals surface area contributed by atoms with E-state index in [1.54, 1.807) is 14.2 Å². The summed E-state index contributed by atoms with van der Waals surface area (Å²) in [6.45, 7) is 0.628. The van der Waals surface area contributed by atoms with Crippen LogP contribution in [-0.2, 0) is 6.54 Å². The Hall–Kier alpha value is -1.87. The molecule has 0 aliphatic heterocycles. The summed E-state index contributed by atoms with van der Waals surface area (Å²) in [5.74, 6) is 1.20. The van der Waals surface area contributed by atoms with E-state index in [2.05, 4.69) is 5.32 Å². The molecule has 0 unspecified atom stereocenters. The third kappa shape index (κ3) is 3.12. The zero-order chi connectivity index (χ0) is 13.7. The van der Waals surface area contributed by atoms with Crippen molar-refractivity contribution in [2.75, 3.05) is 19.5 Å². The fourth-order valence-electron chi connectivity index (χ4n) is 1.82. The van der Waals surface area contributed by atoms with Crippen molar-refractivity contribution in [3.8, 4) is 11.5 Å². The molecule has 0 aliphatic carbocycles. The Bertz CT molecular complexity index is 543. The van der Waals surface area contributed by atoms with E-state index in [1.165, 1.54) is 0 Å². The Balaban J connectivity index is 2.17. The van der Waals surface area contributed by atoms with Gasteiger partial charge in [0, 0.05) is 12.2 Å². The largest absolute Gasteiger partial charge is 0.493 e. The van der Waals surface area contributed by atoms with Gasteiger partial charge in [0.1, 0.15) is 0 Å². The number of hydrogen-bond acceptors (Lipinski definition) is 3. The van der Waals surface area contributed by atoms with Gasteiger partial charge in [0.2, 0.25) is 0 Å². The van der Waals surface area contributed by atoms with Gasteiger partial charge in [-0.2, -0.15) is 0 Å². The second kappa shape index (κ2) is 6.34. The van der Waals surface area contributed by atoms with E-state index in [9.17, 15) is 0 Å². The first kappa shape index (κ1) is 13.6. The van der Waals surface area contributed by atoms with Crippen LogP contribution in [0.2, 0.25) is 5.02 Å². The van der Waals surface area contributed by atoms with Gasteiger partial charge in [0.25, 0.3) is 0 Å². The quantitative estimate of drug-likeness (QED) is 0.897. The molecule has 0 amide bonds. The van der Waals surface area contributed by atoms with Crippen LogP contribution < -0.4 is 14.8 Å². The van der Waals surface area contributed by atoms with Gasteiger partial charge in [-0.3, -0.25) is 0 Å². The molecule has 100 valence electrons. The van der Waals surface area contributed by atoms with Gasteiger partial charge in [-0.05, 0) is 23.8 Å². The minimum absolute atomic E-state index is 0.566. The van der Waals surface area contributed by atoms with E-state index in [0.29, 0.717) is 23.1 Å². The van der Waals surface area contributed by atoms with E-state index in [4.69, 9.17) is 21.1 Å². The molecule has 0 spiro atoms. The van der Waals surface area contributed by atoms with E-state index >= 15 is 0 Å². The summed E-state index contributed by atoms with van der Waals surface area (Å²) in [5, 5.41) is 3.88. The molecule has 0 radical (unpaired) electrons. The normalized spacial score (nSPS) is 10.1. The molecule has 0 saturated carbocycles. The fraction of sp³-hybridized carbons (Fsp3) is 0.200. The summed E-state index contributed by atoms with van der Waals surface area (Å²) in [4.78, 5) is 0. The predicted octanol–water partition coefficient (Wildman–Crippen LogP) is 3.97. The summed E-state index contributed by atoms with van der Waals surface area (Å²) >= 11 is 6.31. The lowest BCUT2D eigenvalue weighted by Crippen LogP contribution is -2.01. The maximum absolute atomic E-state index is 6.31. The topological polar surface area (TPSA) is 30.5 Å². The highest BCUT2D eigenvalue weighted by molar-refractivity contribution is 6.33. The number of anilines is 1. The molecular weight excluding hydrogens is 262 g/mol. The molecule has 4 heteroatoms. The number of rotatable bonds is 5. The summed E-state index contributed by atoms with van der Waals surface area (Å²) in [6.07, 6.45) is 0. The molecule has 0 aliphatic rings. The van der Waals surface area contributed by atoms with Gasteiger partial charge in [-0.15, -0.1) is 0 Å². The monoisotopic (exact) mass is 277 g/mol. The number of halogens is 1. The van der Waals surface area contributed by atoms with Crippen molar-refractivity contribution in [3.63, 3.8) is 0 Å². The van der Waals surface area contributed by atoms with Gasteiger partial charge in [-0.1, -0.05) is 35.9 Å². The standard InChI is InChI=1S/C15H16ClNO2/c1-18-13-9-8-11(14(16)15(13)19-2)10-17-12-6-4-3-5-7-12/h3-9,17H,10H2,1-2H3. The average molecular weight is 278 g/mol. The molecule has 2 rings (SSSR count). The minimum atomic E-state index is 0.566. The molecule has 3 nitrogen and oxygen atoms in total. The highest BCUT2D eigenvalue weighted by Crippen LogP contribution is 2.37. The van der Waals surface area contributed by atoms with Crippen molar-refractivity contribution >= 4 is 17.3 Å². The van der Waals surface area contributed by atoms with Crippen LogP contribution in [0.4, 0.5) is 5.69 Å². The van der Waals surface area contributed by atoms with Crippen molar-refractivity contribution in [1.82, 2.24) is 0 Å². The Morgan fingerprint density at radius 2 is 1.74 bits per heavy atom. The first-order valence-electron chi connectivity index (χ1n) is 5.94. The molecule has 0 aromatic heterocycles. The van der Waals surface area contributed by atoms with Crippen LogP contribution in [0, 0.1) is 0 Å². The fourth-order valence-corrected chi connectivity index (χ4v) is 2.12. The lowest BCUT2D eigenvalue weighted by atomic mass is 10.2. The lowest BCUT2D eigenvalue weighted by molar-refractivity contribution is 0.355. The van der Waals surface area contributed by atoms with Crippen LogP contribution >= 0.6 is 11.6 Å². The summed E-state index contributed by atoms with van der Waals surface area (Å²) < 4.78 is 10.5. The molecule has 19 heavy (non-hydrogen) atoms. The molecule has 0 bridgehead atoms. The molecule has 2 aromatic rings. The summed E-state index contributed by atoms with van der Waals surface area (Å²) in [6, 6.07) is 13.8. The van der Waals surface area contributed by atoms with E-state index in [-0.39, 0.29) is 0 Å². The van der Waals surface area contributed by atoms with Gasteiger partial charge >= 0.3 is 0 Å². The lowest BCUT2D eigenvalue weighted by Gasteiger charge is -2.13. The molecule has 1 N–H and O–H groups in total. The van der Waals surface area contributed by atoms with Crippen molar-refractivity contribution in [2.45, 2.75) is 6.54 Å². The maximum Gasteiger partial charge on any atom is 0.179 e. The molecule has 0 atom stereocenters. The first-order chi connectivity index (χ1) is 9.26. The van der Waals surface area contributed by atoms with Gasteiger partial charge in [0.15, 0.2) is 11.5 Å². The first-order valence-corrected chi connectivity index (χ1v) is 6.32. The van der Waals surface area contributed by atoms with E-state index < -0.39 is 0 Å². The van der Waals surface area contributed by atoms with Crippen LogP contribution in [0.3, 0.4) is 0 Å². The predicted molar refractivity (Wildman–Crippen MR) is 78.3 cm³/mol. The molecular formula is C15H16ClNO2. The smallest absolute Gasteiger partial charge is 0.179 e. The Kier molecular flexibility index (Phi) is 4.53. The van der Waals surface area contributed by atoms with E-state index in [0.717, 1.165) is 11.3 Å². The van der Waals surface area contributed by atoms with Gasteiger partial charge < -0.3 is 14.8 Å². The molecule has 0 saturated heterocycles. The Labute approximate surface area is 118 Å². The van der Waals surface area contributed by atoms with Crippen LogP contribution in [0.25, 0.3) is 0 Å². The second-order valence-corrected chi connectivity index (χ2v) is 4.37. The number of ether oxygens (including phenoxy) is 2. The average Bonchev–Trinajstić information content (AvgIpc) is 2.46.